The van der Waals surface area contributed by atoms with Crippen molar-refractivity contribution in [2.75, 3.05) is 11.9 Å². The summed E-state index contributed by atoms with van der Waals surface area (Å²) in [7, 11) is 0. The van der Waals surface area contributed by atoms with Gasteiger partial charge >= 0.3 is 0 Å². The number of hydrogen-bond donors (Lipinski definition) is 1. The number of nitrogens with zero attached hydrogens (tertiary/aromatic N) is 1. The zero-order valence-electron chi connectivity index (χ0n) is 10.1. The molecule has 0 atom stereocenters. The van der Waals surface area contributed by atoms with Crippen molar-refractivity contribution >= 4 is 42.6 Å². The molecule has 1 aliphatic carbocycles. The molecule has 96 valence electrons. The number of fused-ring (bicyclic) bond motifs is 1. The van der Waals surface area contributed by atoms with E-state index in [9.17, 15) is 0 Å². The average molecular weight is 327 g/mol. The average Bonchev–Trinajstić information content (AvgIpc) is 2.68. The van der Waals surface area contributed by atoms with E-state index in [1.165, 1.54) is 4.70 Å². The van der Waals surface area contributed by atoms with Gasteiger partial charge in [0.15, 0.2) is 5.13 Å². The van der Waals surface area contributed by atoms with Crippen LogP contribution in [0, 0.1) is 0 Å². The molecule has 2 aromatic rings. The van der Waals surface area contributed by atoms with E-state index >= 15 is 0 Å². The third-order valence-corrected chi connectivity index (χ3v) is 4.62. The summed E-state index contributed by atoms with van der Waals surface area (Å²) in [6, 6.07) is 6.71. The van der Waals surface area contributed by atoms with Crippen molar-refractivity contribution in [3.8, 4) is 0 Å². The van der Waals surface area contributed by atoms with Gasteiger partial charge in [-0.3, -0.25) is 0 Å². The molecule has 0 radical (unpaired) electrons. The number of nitrogens with one attached hydrogen (secondary N) is 1. The van der Waals surface area contributed by atoms with Gasteiger partial charge < -0.3 is 10.1 Å². The van der Waals surface area contributed by atoms with Gasteiger partial charge in [-0.15, -0.1) is 0 Å². The molecule has 18 heavy (non-hydrogen) atoms. The highest BCUT2D eigenvalue weighted by Crippen LogP contribution is 2.32. The molecular weight excluding hydrogens is 312 g/mol. The fraction of sp³-hybridized carbons (Fsp3) is 0.462. The minimum absolute atomic E-state index is 0.441. The Kier molecular flexibility index (Phi) is 3.54. The fourth-order valence-electron chi connectivity index (χ4n) is 2.19. The summed E-state index contributed by atoms with van der Waals surface area (Å²) in [5, 5.41) is 4.50. The molecule has 1 fully saturated rings. The monoisotopic (exact) mass is 326 g/mol. The van der Waals surface area contributed by atoms with E-state index in [1.807, 2.05) is 19.1 Å². The Morgan fingerprint density at radius 3 is 3.11 bits per heavy atom. The first kappa shape index (κ1) is 12.4. The quantitative estimate of drug-likeness (QED) is 0.920. The van der Waals surface area contributed by atoms with Crippen LogP contribution >= 0.6 is 27.3 Å². The molecule has 3 rings (SSSR count). The maximum Gasteiger partial charge on any atom is 0.184 e. The van der Waals surface area contributed by atoms with Crippen LogP contribution < -0.4 is 5.32 Å². The first-order valence-corrected chi connectivity index (χ1v) is 7.80. The van der Waals surface area contributed by atoms with E-state index < -0.39 is 0 Å². The predicted octanol–water partition coefficient (Wildman–Crippen LogP) is 4.04. The number of anilines is 1. The molecule has 1 saturated carbocycles. The summed E-state index contributed by atoms with van der Waals surface area (Å²) in [6.07, 6.45) is 2.62. The highest BCUT2D eigenvalue weighted by atomic mass is 79.9. The summed E-state index contributed by atoms with van der Waals surface area (Å²) in [4.78, 5) is 4.59. The zero-order chi connectivity index (χ0) is 12.5. The SMILES string of the molecule is CCOC1CC(Nc2nc3ccc(Br)cc3s2)C1. The van der Waals surface area contributed by atoms with Crippen LogP contribution in [0.5, 0.6) is 0 Å². The topological polar surface area (TPSA) is 34.1 Å². The summed E-state index contributed by atoms with van der Waals surface area (Å²) in [5.41, 5.74) is 1.06. The van der Waals surface area contributed by atoms with E-state index in [2.05, 4.69) is 32.3 Å². The van der Waals surface area contributed by atoms with E-state index in [0.29, 0.717) is 12.1 Å². The smallest absolute Gasteiger partial charge is 0.184 e. The number of ether oxygens (including phenoxy) is 1. The molecular formula is C13H15BrN2OS. The van der Waals surface area contributed by atoms with Crippen molar-refractivity contribution in [3.05, 3.63) is 22.7 Å². The van der Waals surface area contributed by atoms with Crippen molar-refractivity contribution < 1.29 is 4.74 Å². The molecule has 1 N–H and O–H groups in total. The summed E-state index contributed by atoms with van der Waals surface area (Å²) in [5.74, 6) is 0. The molecule has 1 aromatic carbocycles. The molecule has 1 aliphatic rings. The second kappa shape index (κ2) is 5.15. The Balaban J connectivity index is 1.65. The highest BCUT2D eigenvalue weighted by Gasteiger charge is 2.29. The lowest BCUT2D eigenvalue weighted by Gasteiger charge is -2.35. The normalized spacial score (nSPS) is 23.0. The van der Waals surface area contributed by atoms with E-state index in [4.69, 9.17) is 4.74 Å². The summed E-state index contributed by atoms with van der Waals surface area (Å²) >= 11 is 5.19. The van der Waals surface area contributed by atoms with Crippen molar-refractivity contribution in [3.63, 3.8) is 0 Å². The molecule has 0 bridgehead atoms. The zero-order valence-corrected chi connectivity index (χ0v) is 12.6. The largest absolute Gasteiger partial charge is 0.378 e. The Bertz CT molecular complexity index is 551. The van der Waals surface area contributed by atoms with Crippen LogP contribution in [-0.2, 0) is 4.74 Å². The first-order valence-electron chi connectivity index (χ1n) is 6.19. The van der Waals surface area contributed by atoms with E-state index in [1.54, 1.807) is 11.3 Å². The van der Waals surface area contributed by atoms with Gasteiger partial charge in [0.05, 0.1) is 16.3 Å². The molecule has 1 aromatic heterocycles. The first-order chi connectivity index (χ1) is 8.74. The molecule has 0 spiro atoms. The van der Waals surface area contributed by atoms with Crippen LogP contribution in [0.4, 0.5) is 5.13 Å². The third-order valence-electron chi connectivity index (χ3n) is 3.18. The van der Waals surface area contributed by atoms with Crippen LogP contribution in [0.1, 0.15) is 19.8 Å². The standard InChI is InChI=1S/C13H15BrN2OS/c1-2-17-10-6-9(7-10)15-13-16-11-4-3-8(14)5-12(11)18-13/h3-5,9-10H,2,6-7H2,1H3,(H,15,16). The van der Waals surface area contributed by atoms with Gasteiger partial charge in [0.25, 0.3) is 0 Å². The predicted molar refractivity (Wildman–Crippen MR) is 79.4 cm³/mol. The van der Waals surface area contributed by atoms with Crippen LogP contribution in [0.2, 0.25) is 0 Å². The van der Waals surface area contributed by atoms with Crippen LogP contribution in [-0.4, -0.2) is 23.7 Å². The Morgan fingerprint density at radius 2 is 2.33 bits per heavy atom. The Morgan fingerprint density at radius 1 is 1.50 bits per heavy atom. The van der Waals surface area contributed by atoms with Gasteiger partial charge in [-0.2, -0.15) is 0 Å². The highest BCUT2D eigenvalue weighted by molar-refractivity contribution is 9.10. The van der Waals surface area contributed by atoms with Crippen LogP contribution in [0.3, 0.4) is 0 Å². The molecule has 1 heterocycles. The minimum atomic E-state index is 0.441. The van der Waals surface area contributed by atoms with E-state index in [0.717, 1.165) is 34.6 Å². The maximum absolute atomic E-state index is 5.56. The number of halogens is 1. The van der Waals surface area contributed by atoms with Crippen molar-refractivity contribution in [1.29, 1.82) is 0 Å². The van der Waals surface area contributed by atoms with Gasteiger partial charge in [0.1, 0.15) is 0 Å². The maximum atomic E-state index is 5.56. The summed E-state index contributed by atoms with van der Waals surface area (Å²) < 4.78 is 7.87. The number of benzene rings is 1. The lowest BCUT2D eigenvalue weighted by Crippen LogP contribution is -2.40. The lowest BCUT2D eigenvalue weighted by molar-refractivity contribution is 0.00299. The van der Waals surface area contributed by atoms with Crippen molar-refractivity contribution in [2.45, 2.75) is 31.9 Å². The lowest BCUT2D eigenvalue weighted by atomic mass is 9.89. The molecule has 5 heteroatoms. The van der Waals surface area contributed by atoms with Gasteiger partial charge in [0, 0.05) is 17.1 Å². The number of rotatable bonds is 4. The number of hydrogen-bond acceptors (Lipinski definition) is 4. The fourth-order valence-corrected chi connectivity index (χ4v) is 3.68. The second-order valence-electron chi connectivity index (χ2n) is 4.52. The minimum Gasteiger partial charge on any atom is -0.378 e. The van der Waals surface area contributed by atoms with Crippen molar-refractivity contribution in [2.24, 2.45) is 0 Å². The van der Waals surface area contributed by atoms with Gasteiger partial charge in [-0.1, -0.05) is 27.3 Å². The number of thiazole rings is 1. The molecule has 0 aliphatic heterocycles. The van der Waals surface area contributed by atoms with Gasteiger partial charge in [-0.05, 0) is 38.0 Å². The number of aromatic nitrogens is 1. The van der Waals surface area contributed by atoms with Gasteiger partial charge in [0.2, 0.25) is 0 Å². The van der Waals surface area contributed by atoms with Crippen LogP contribution in [0.15, 0.2) is 22.7 Å². The molecule has 0 unspecified atom stereocenters. The second-order valence-corrected chi connectivity index (χ2v) is 6.47. The Labute approximate surface area is 119 Å². The van der Waals surface area contributed by atoms with Crippen molar-refractivity contribution in [1.82, 2.24) is 4.98 Å². The third kappa shape index (κ3) is 2.53. The molecule has 0 amide bonds. The Hall–Kier alpha value is -0.650. The summed E-state index contributed by atoms with van der Waals surface area (Å²) in [6.45, 7) is 2.86. The van der Waals surface area contributed by atoms with Crippen LogP contribution in [0.25, 0.3) is 10.2 Å². The molecule has 3 nitrogen and oxygen atoms in total. The molecule has 0 saturated heterocycles. The van der Waals surface area contributed by atoms with E-state index in [-0.39, 0.29) is 0 Å². The van der Waals surface area contributed by atoms with Gasteiger partial charge in [-0.25, -0.2) is 4.98 Å².